The lowest BCUT2D eigenvalue weighted by Crippen LogP contribution is -2.48. The van der Waals surface area contributed by atoms with Crippen LogP contribution in [0, 0.1) is 11.6 Å². The summed E-state index contributed by atoms with van der Waals surface area (Å²) in [6, 6.07) is 2.96. The van der Waals surface area contributed by atoms with Crippen molar-refractivity contribution in [1.29, 1.82) is 0 Å². The Morgan fingerprint density at radius 1 is 1.31 bits per heavy atom. The molecule has 0 radical (unpaired) electrons. The molecule has 0 bridgehead atoms. The van der Waals surface area contributed by atoms with Gasteiger partial charge in [0.1, 0.15) is 24.0 Å². The molecule has 2 N–H and O–H groups in total. The Bertz CT molecular complexity index is 334. The highest BCUT2D eigenvalue weighted by Crippen LogP contribution is 2.16. The second-order valence-corrected chi connectivity index (χ2v) is 3.86. The van der Waals surface area contributed by atoms with Crippen molar-refractivity contribution in [1.82, 2.24) is 5.32 Å². The van der Waals surface area contributed by atoms with Crippen LogP contribution < -0.4 is 10.1 Å². The maximum absolute atomic E-state index is 12.8. The number of hydrogen-bond acceptors (Lipinski definition) is 3. The van der Waals surface area contributed by atoms with E-state index in [0.29, 0.717) is 0 Å². The number of nitrogens with one attached hydrogen (secondary N) is 1. The first-order valence-electron chi connectivity index (χ1n) is 4.88. The van der Waals surface area contributed by atoms with E-state index >= 15 is 0 Å². The molecule has 1 unspecified atom stereocenters. The summed E-state index contributed by atoms with van der Waals surface area (Å²) in [5, 5.41) is 11.9. The van der Waals surface area contributed by atoms with E-state index in [0.717, 1.165) is 18.2 Å². The van der Waals surface area contributed by atoms with Gasteiger partial charge in [0.2, 0.25) is 0 Å². The lowest BCUT2D eigenvalue weighted by molar-refractivity contribution is 0.122. The zero-order valence-corrected chi connectivity index (χ0v) is 9.26. The molecule has 0 aliphatic heterocycles. The monoisotopic (exact) mass is 231 g/mol. The first kappa shape index (κ1) is 12.9. The standard InChI is InChI=1S/C11H15F2NO2/c1-11(6-15,14-2)7-16-10-4-8(12)3-9(13)5-10/h3-5,14-15H,6-7H2,1-2H3. The molecule has 0 aliphatic rings. The van der Waals surface area contributed by atoms with Crippen molar-refractivity contribution in [3.63, 3.8) is 0 Å². The highest BCUT2D eigenvalue weighted by Gasteiger charge is 2.21. The minimum Gasteiger partial charge on any atom is -0.491 e. The first-order valence-corrected chi connectivity index (χ1v) is 4.88. The maximum atomic E-state index is 12.8. The van der Waals surface area contributed by atoms with Gasteiger partial charge in [0.05, 0.1) is 12.1 Å². The van der Waals surface area contributed by atoms with Crippen LogP contribution in [0.15, 0.2) is 18.2 Å². The molecule has 0 fully saturated rings. The smallest absolute Gasteiger partial charge is 0.129 e. The first-order chi connectivity index (χ1) is 7.49. The van der Waals surface area contributed by atoms with Gasteiger partial charge in [0.15, 0.2) is 0 Å². The van der Waals surface area contributed by atoms with E-state index in [9.17, 15) is 8.78 Å². The van der Waals surface area contributed by atoms with Crippen LogP contribution in [-0.2, 0) is 0 Å². The highest BCUT2D eigenvalue weighted by atomic mass is 19.1. The van der Waals surface area contributed by atoms with E-state index < -0.39 is 17.2 Å². The quantitative estimate of drug-likeness (QED) is 0.803. The third-order valence-corrected chi connectivity index (χ3v) is 2.35. The Morgan fingerprint density at radius 3 is 2.31 bits per heavy atom. The number of likely N-dealkylation sites (N-methyl/N-ethyl adjacent to an activating group) is 1. The summed E-state index contributed by atoms with van der Waals surface area (Å²) in [5.41, 5.74) is -0.636. The molecule has 0 saturated heterocycles. The van der Waals surface area contributed by atoms with Crippen molar-refractivity contribution in [3.8, 4) is 5.75 Å². The molecule has 90 valence electrons. The normalized spacial score (nSPS) is 14.6. The number of hydrogen-bond donors (Lipinski definition) is 2. The molecule has 0 saturated carbocycles. The van der Waals surface area contributed by atoms with Crippen LogP contribution in [0.3, 0.4) is 0 Å². The van der Waals surface area contributed by atoms with Gasteiger partial charge in [-0.3, -0.25) is 0 Å². The third-order valence-electron chi connectivity index (χ3n) is 2.35. The zero-order chi connectivity index (χ0) is 12.2. The highest BCUT2D eigenvalue weighted by molar-refractivity contribution is 5.23. The topological polar surface area (TPSA) is 41.5 Å². The second kappa shape index (κ2) is 5.23. The molecule has 1 aromatic rings. The fourth-order valence-electron chi connectivity index (χ4n) is 1.05. The van der Waals surface area contributed by atoms with Crippen molar-refractivity contribution >= 4 is 0 Å². The number of rotatable bonds is 5. The molecule has 0 heterocycles. The van der Waals surface area contributed by atoms with Crippen LogP contribution in [-0.4, -0.2) is 30.9 Å². The van der Waals surface area contributed by atoms with E-state index in [1.165, 1.54) is 0 Å². The van der Waals surface area contributed by atoms with Gasteiger partial charge in [-0.2, -0.15) is 0 Å². The number of halogens is 2. The van der Waals surface area contributed by atoms with Crippen molar-refractivity contribution < 1.29 is 18.6 Å². The second-order valence-electron chi connectivity index (χ2n) is 3.86. The number of benzene rings is 1. The predicted octanol–water partition coefficient (Wildman–Crippen LogP) is 1.31. The van der Waals surface area contributed by atoms with Gasteiger partial charge in [0, 0.05) is 18.2 Å². The van der Waals surface area contributed by atoms with Crippen molar-refractivity contribution in [2.75, 3.05) is 20.3 Å². The lowest BCUT2D eigenvalue weighted by Gasteiger charge is -2.26. The van der Waals surface area contributed by atoms with Crippen LogP contribution in [0.1, 0.15) is 6.92 Å². The zero-order valence-electron chi connectivity index (χ0n) is 9.26. The van der Waals surface area contributed by atoms with Crippen LogP contribution in [0.2, 0.25) is 0 Å². The molecule has 0 aliphatic carbocycles. The van der Waals surface area contributed by atoms with Gasteiger partial charge >= 0.3 is 0 Å². The van der Waals surface area contributed by atoms with Gasteiger partial charge < -0.3 is 15.2 Å². The average molecular weight is 231 g/mol. The van der Waals surface area contributed by atoms with Gasteiger partial charge in [-0.25, -0.2) is 8.78 Å². The molecule has 5 heteroatoms. The fraction of sp³-hybridized carbons (Fsp3) is 0.455. The molecule has 1 rings (SSSR count). The number of aliphatic hydroxyl groups is 1. The summed E-state index contributed by atoms with van der Waals surface area (Å²) in [6.07, 6.45) is 0. The summed E-state index contributed by atoms with van der Waals surface area (Å²) in [6.45, 7) is 1.72. The molecule has 0 amide bonds. The molecule has 0 aromatic heterocycles. The summed E-state index contributed by atoms with van der Waals surface area (Å²) < 4.78 is 30.9. The predicted molar refractivity (Wildman–Crippen MR) is 56.4 cm³/mol. The summed E-state index contributed by atoms with van der Waals surface area (Å²) in [7, 11) is 1.67. The minimum absolute atomic E-state index is 0.104. The molecular formula is C11H15F2NO2. The van der Waals surface area contributed by atoms with E-state index in [1.54, 1.807) is 14.0 Å². The van der Waals surface area contributed by atoms with E-state index in [2.05, 4.69) is 5.32 Å². The SMILES string of the molecule is CNC(C)(CO)COc1cc(F)cc(F)c1. The third kappa shape index (κ3) is 3.43. The molecule has 3 nitrogen and oxygen atoms in total. The van der Waals surface area contributed by atoms with E-state index in [4.69, 9.17) is 9.84 Å². The Hall–Kier alpha value is -1.20. The minimum atomic E-state index is -0.690. The molecule has 1 atom stereocenters. The van der Waals surface area contributed by atoms with Gasteiger partial charge in [-0.1, -0.05) is 0 Å². The van der Waals surface area contributed by atoms with Crippen molar-refractivity contribution in [2.24, 2.45) is 0 Å². The van der Waals surface area contributed by atoms with E-state index in [1.807, 2.05) is 0 Å². The van der Waals surface area contributed by atoms with Crippen LogP contribution in [0.25, 0.3) is 0 Å². The number of ether oxygens (including phenoxy) is 1. The van der Waals surface area contributed by atoms with Crippen molar-refractivity contribution in [3.05, 3.63) is 29.8 Å². The van der Waals surface area contributed by atoms with Crippen molar-refractivity contribution in [2.45, 2.75) is 12.5 Å². The largest absolute Gasteiger partial charge is 0.491 e. The molecule has 1 aromatic carbocycles. The number of aliphatic hydroxyl groups excluding tert-OH is 1. The Labute approximate surface area is 93.0 Å². The summed E-state index contributed by atoms with van der Waals surface area (Å²) in [5.74, 6) is -1.28. The molecule has 16 heavy (non-hydrogen) atoms. The van der Waals surface area contributed by atoms with Gasteiger partial charge in [-0.05, 0) is 14.0 Å². The van der Waals surface area contributed by atoms with Crippen LogP contribution in [0.4, 0.5) is 8.78 Å². The molecule has 0 spiro atoms. The van der Waals surface area contributed by atoms with Crippen LogP contribution in [0.5, 0.6) is 5.75 Å². The van der Waals surface area contributed by atoms with Gasteiger partial charge in [0.25, 0.3) is 0 Å². The summed E-state index contributed by atoms with van der Waals surface area (Å²) in [4.78, 5) is 0. The maximum Gasteiger partial charge on any atom is 0.129 e. The molecular weight excluding hydrogens is 216 g/mol. The fourth-order valence-corrected chi connectivity index (χ4v) is 1.05. The Balaban J connectivity index is 2.67. The van der Waals surface area contributed by atoms with E-state index in [-0.39, 0.29) is 19.0 Å². The lowest BCUT2D eigenvalue weighted by atomic mass is 10.1. The van der Waals surface area contributed by atoms with Crippen LogP contribution >= 0.6 is 0 Å². The Kier molecular flexibility index (Phi) is 4.20. The van der Waals surface area contributed by atoms with Gasteiger partial charge in [-0.15, -0.1) is 0 Å². The summed E-state index contributed by atoms with van der Waals surface area (Å²) >= 11 is 0. The average Bonchev–Trinajstić information content (AvgIpc) is 2.25. The Morgan fingerprint density at radius 2 is 1.88 bits per heavy atom.